The Morgan fingerprint density at radius 3 is 2.35 bits per heavy atom. The molecule has 0 bridgehead atoms. The van der Waals surface area contributed by atoms with Gasteiger partial charge in [0.1, 0.15) is 0 Å². The summed E-state index contributed by atoms with van der Waals surface area (Å²) in [5.74, 6) is 0. The molecule has 0 aliphatic rings. The molecule has 0 saturated heterocycles. The predicted octanol–water partition coefficient (Wildman–Crippen LogP) is -1.64. The van der Waals surface area contributed by atoms with Crippen LogP contribution in [-0.4, -0.2) is 36.7 Å². The molecule has 8 nitrogen and oxygen atoms in total. The van der Waals surface area contributed by atoms with Crippen LogP contribution in [0.1, 0.15) is 13.8 Å². The Bertz CT molecular complexity index is 687. The minimum absolute atomic E-state index is 0.159. The summed E-state index contributed by atoms with van der Waals surface area (Å²) in [5.41, 5.74) is -1.41. The Labute approximate surface area is 117 Å². The average molecular weight is 304 g/mol. The lowest BCUT2D eigenvalue weighted by molar-refractivity contribution is 0.554. The van der Waals surface area contributed by atoms with Crippen molar-refractivity contribution in [3.63, 3.8) is 0 Å². The average Bonchev–Trinajstić information content (AvgIpc) is 2.36. The van der Waals surface area contributed by atoms with Gasteiger partial charge in [-0.05, 0) is 0 Å². The van der Waals surface area contributed by atoms with E-state index in [2.05, 4.69) is 10.0 Å². The van der Waals surface area contributed by atoms with Gasteiger partial charge in [-0.2, -0.15) is 0 Å². The van der Waals surface area contributed by atoms with E-state index in [1.807, 2.05) is 13.8 Å². The van der Waals surface area contributed by atoms with E-state index >= 15 is 0 Å². The molecule has 0 spiro atoms. The van der Waals surface area contributed by atoms with E-state index in [4.69, 9.17) is 0 Å². The van der Waals surface area contributed by atoms with Gasteiger partial charge in [0.25, 0.3) is 5.56 Å². The maximum Gasteiger partial charge on any atom is 0.330 e. The van der Waals surface area contributed by atoms with Crippen molar-refractivity contribution in [2.75, 3.05) is 13.1 Å². The molecule has 0 amide bonds. The third-order valence-corrected chi connectivity index (χ3v) is 4.12. The van der Waals surface area contributed by atoms with Gasteiger partial charge >= 0.3 is 5.69 Å². The van der Waals surface area contributed by atoms with E-state index in [1.165, 1.54) is 14.1 Å². The molecule has 0 fully saturated rings. The van der Waals surface area contributed by atoms with Gasteiger partial charge in [-0.1, -0.05) is 13.8 Å². The molecule has 1 aromatic heterocycles. The predicted molar refractivity (Wildman–Crippen MR) is 75.3 cm³/mol. The highest BCUT2D eigenvalue weighted by Crippen LogP contribution is 1.98. The summed E-state index contributed by atoms with van der Waals surface area (Å²) >= 11 is 0. The van der Waals surface area contributed by atoms with Crippen LogP contribution in [0.3, 0.4) is 0 Å². The highest BCUT2D eigenvalue weighted by Gasteiger charge is 2.20. The molecule has 0 atom stereocenters. The molecule has 1 aromatic rings. The fraction of sp³-hybridized carbons (Fsp3) is 0.636. The van der Waals surface area contributed by atoms with Crippen molar-refractivity contribution in [2.45, 2.75) is 24.8 Å². The molecule has 1 heterocycles. The van der Waals surface area contributed by atoms with Gasteiger partial charge < -0.3 is 9.88 Å². The van der Waals surface area contributed by atoms with Crippen molar-refractivity contribution >= 4 is 10.0 Å². The van der Waals surface area contributed by atoms with Crippen LogP contribution < -0.4 is 21.3 Å². The van der Waals surface area contributed by atoms with E-state index < -0.39 is 26.2 Å². The molecule has 1 rings (SSSR count). The van der Waals surface area contributed by atoms with Gasteiger partial charge in [0.15, 0.2) is 4.90 Å². The van der Waals surface area contributed by atoms with Gasteiger partial charge in [-0.15, -0.1) is 0 Å². The number of hydrogen-bond donors (Lipinski definition) is 2. The fourth-order valence-corrected chi connectivity index (χ4v) is 2.77. The quantitative estimate of drug-likeness (QED) is 0.614. The van der Waals surface area contributed by atoms with Gasteiger partial charge in [0.2, 0.25) is 10.0 Å². The highest BCUT2D eigenvalue weighted by molar-refractivity contribution is 7.89. The minimum Gasteiger partial charge on any atom is -0.313 e. The number of hydrogen-bond acceptors (Lipinski definition) is 5. The first-order valence-corrected chi connectivity index (χ1v) is 7.65. The van der Waals surface area contributed by atoms with Crippen LogP contribution in [0.2, 0.25) is 0 Å². The largest absolute Gasteiger partial charge is 0.330 e. The molecular weight excluding hydrogens is 284 g/mol. The topological polar surface area (TPSA) is 102 Å². The van der Waals surface area contributed by atoms with Crippen LogP contribution in [0.4, 0.5) is 0 Å². The van der Waals surface area contributed by atoms with E-state index in [-0.39, 0.29) is 12.6 Å². The second-order valence-electron chi connectivity index (χ2n) is 4.76. The zero-order chi connectivity index (χ0) is 15.5. The standard InChI is InChI=1S/C11H20N4O4S/c1-8(2)12-5-6-13-20(18,19)9-7-14(3)11(17)15(4)10(9)16/h7-8,12-13H,5-6H2,1-4H3. The van der Waals surface area contributed by atoms with Crippen molar-refractivity contribution in [3.8, 4) is 0 Å². The fourth-order valence-electron chi connectivity index (χ4n) is 1.58. The lowest BCUT2D eigenvalue weighted by atomic mass is 10.4. The molecule has 2 N–H and O–H groups in total. The molecule has 0 aromatic carbocycles. The van der Waals surface area contributed by atoms with Crippen LogP contribution >= 0.6 is 0 Å². The summed E-state index contributed by atoms with van der Waals surface area (Å²) in [4.78, 5) is 22.9. The van der Waals surface area contributed by atoms with Gasteiger partial charge in [0, 0.05) is 39.4 Å². The Balaban J connectivity index is 3.00. The second-order valence-corrected chi connectivity index (χ2v) is 6.49. The van der Waals surface area contributed by atoms with Crippen LogP contribution in [-0.2, 0) is 24.1 Å². The number of nitrogens with zero attached hydrogens (tertiary/aromatic N) is 2. The van der Waals surface area contributed by atoms with Crippen molar-refractivity contribution in [1.29, 1.82) is 0 Å². The molecule has 0 radical (unpaired) electrons. The van der Waals surface area contributed by atoms with Crippen molar-refractivity contribution in [1.82, 2.24) is 19.2 Å². The third kappa shape index (κ3) is 3.78. The molecule has 9 heteroatoms. The van der Waals surface area contributed by atoms with Crippen LogP contribution in [0.5, 0.6) is 0 Å². The summed E-state index contributed by atoms with van der Waals surface area (Å²) in [6.07, 6.45) is 1.03. The number of nitrogens with one attached hydrogen (secondary N) is 2. The number of aryl methyl sites for hydroxylation is 1. The highest BCUT2D eigenvalue weighted by atomic mass is 32.2. The van der Waals surface area contributed by atoms with Gasteiger partial charge in [-0.3, -0.25) is 9.36 Å². The van der Waals surface area contributed by atoms with E-state index in [0.717, 1.165) is 15.3 Å². The molecule has 0 aliphatic heterocycles. The van der Waals surface area contributed by atoms with Crippen LogP contribution in [0.25, 0.3) is 0 Å². The zero-order valence-electron chi connectivity index (χ0n) is 12.0. The monoisotopic (exact) mass is 304 g/mol. The van der Waals surface area contributed by atoms with E-state index in [1.54, 1.807) is 0 Å². The van der Waals surface area contributed by atoms with Crippen LogP contribution in [0.15, 0.2) is 20.7 Å². The molecule has 0 unspecified atom stereocenters. The van der Waals surface area contributed by atoms with Crippen molar-refractivity contribution in [2.24, 2.45) is 14.1 Å². The van der Waals surface area contributed by atoms with E-state index in [9.17, 15) is 18.0 Å². The Kier molecular flexibility index (Phi) is 5.26. The first kappa shape index (κ1) is 16.6. The third-order valence-electron chi connectivity index (χ3n) is 2.67. The summed E-state index contributed by atoms with van der Waals surface area (Å²) < 4.78 is 28.2. The van der Waals surface area contributed by atoms with E-state index in [0.29, 0.717) is 6.54 Å². The summed E-state index contributed by atoms with van der Waals surface area (Å²) in [6, 6.07) is 0.241. The minimum atomic E-state index is -3.93. The Hall–Kier alpha value is -1.45. The smallest absolute Gasteiger partial charge is 0.313 e. The Morgan fingerprint density at radius 2 is 1.80 bits per heavy atom. The normalized spacial score (nSPS) is 12.1. The second kappa shape index (κ2) is 6.33. The SMILES string of the molecule is CC(C)NCCNS(=O)(=O)c1cn(C)c(=O)n(C)c1=O. The number of sulfonamides is 1. The maximum atomic E-state index is 12.0. The lowest BCUT2D eigenvalue weighted by Gasteiger charge is -2.10. The van der Waals surface area contributed by atoms with Crippen molar-refractivity contribution < 1.29 is 8.42 Å². The first-order valence-electron chi connectivity index (χ1n) is 6.16. The lowest BCUT2D eigenvalue weighted by Crippen LogP contribution is -2.42. The summed E-state index contributed by atoms with van der Waals surface area (Å²) in [5, 5.41) is 3.05. The van der Waals surface area contributed by atoms with Gasteiger partial charge in [0.05, 0.1) is 0 Å². The molecule has 0 saturated carbocycles. The maximum absolute atomic E-state index is 12.0. The Morgan fingerprint density at radius 1 is 1.20 bits per heavy atom. The molecular formula is C11H20N4O4S. The number of rotatable bonds is 6. The summed E-state index contributed by atoms with van der Waals surface area (Å²) in [6.45, 7) is 4.49. The molecule has 20 heavy (non-hydrogen) atoms. The molecule has 114 valence electrons. The zero-order valence-corrected chi connectivity index (χ0v) is 12.8. The summed E-state index contributed by atoms with van der Waals surface area (Å²) in [7, 11) is -1.30. The van der Waals surface area contributed by atoms with Gasteiger partial charge in [-0.25, -0.2) is 17.9 Å². The first-order chi connectivity index (χ1) is 9.16. The van der Waals surface area contributed by atoms with Crippen molar-refractivity contribution in [3.05, 3.63) is 27.0 Å². The number of aromatic nitrogens is 2. The van der Waals surface area contributed by atoms with Crippen LogP contribution in [0, 0.1) is 0 Å². The molecule has 0 aliphatic carbocycles.